The number of amides is 1. The first-order chi connectivity index (χ1) is 14.4. The van der Waals surface area contributed by atoms with Gasteiger partial charge in [0.2, 0.25) is 0 Å². The Morgan fingerprint density at radius 2 is 1.97 bits per heavy atom. The third kappa shape index (κ3) is 4.10. The zero-order valence-corrected chi connectivity index (χ0v) is 17.0. The third-order valence-electron chi connectivity index (χ3n) is 5.04. The molecule has 1 fully saturated rings. The molecule has 1 unspecified atom stereocenters. The average molecular weight is 430 g/mol. The molecule has 2 aromatic carbocycles. The van der Waals surface area contributed by atoms with Gasteiger partial charge < -0.3 is 19.4 Å². The molecule has 9 heteroatoms. The summed E-state index contributed by atoms with van der Waals surface area (Å²) in [6.07, 6.45) is 0. The number of hydrogen-bond acceptors (Lipinski definition) is 6. The van der Waals surface area contributed by atoms with Crippen molar-refractivity contribution in [1.82, 2.24) is 4.90 Å². The van der Waals surface area contributed by atoms with Crippen LogP contribution >= 0.6 is 11.6 Å². The number of halogens is 1. The van der Waals surface area contributed by atoms with E-state index in [0.29, 0.717) is 48.4 Å². The number of fused-ring (bicyclic) bond motifs is 1. The van der Waals surface area contributed by atoms with Gasteiger partial charge in [-0.3, -0.25) is 14.9 Å². The topological polar surface area (TPSA) is 97.9 Å². The summed E-state index contributed by atoms with van der Waals surface area (Å²) < 4.78 is 11.1. The fraction of sp³-hybridized carbons (Fsp3) is 0.286. The first kappa shape index (κ1) is 20.2. The van der Waals surface area contributed by atoms with Crippen molar-refractivity contribution in [2.75, 3.05) is 31.6 Å². The summed E-state index contributed by atoms with van der Waals surface area (Å²) in [6, 6.07) is 11.3. The Kier molecular flexibility index (Phi) is 5.61. The lowest BCUT2D eigenvalue weighted by Crippen LogP contribution is -2.40. The van der Waals surface area contributed by atoms with Crippen molar-refractivity contribution in [3.8, 4) is 0 Å². The normalized spacial score (nSPS) is 15.2. The number of nitro groups is 1. The average Bonchev–Trinajstić information content (AvgIpc) is 3.17. The lowest BCUT2D eigenvalue weighted by molar-refractivity contribution is -0.384. The van der Waals surface area contributed by atoms with Gasteiger partial charge in [0.1, 0.15) is 17.0 Å². The Balaban J connectivity index is 1.58. The van der Waals surface area contributed by atoms with Crippen molar-refractivity contribution < 1.29 is 18.9 Å². The summed E-state index contributed by atoms with van der Waals surface area (Å²) in [5.41, 5.74) is 1.11. The van der Waals surface area contributed by atoms with E-state index in [9.17, 15) is 14.9 Å². The van der Waals surface area contributed by atoms with E-state index in [2.05, 4.69) is 5.32 Å². The molecule has 1 aliphatic rings. The maximum atomic E-state index is 12.7. The number of anilines is 1. The van der Waals surface area contributed by atoms with Gasteiger partial charge in [-0.15, -0.1) is 0 Å². The minimum atomic E-state index is -0.496. The van der Waals surface area contributed by atoms with Gasteiger partial charge in [0.05, 0.1) is 24.2 Å². The van der Waals surface area contributed by atoms with E-state index in [1.807, 2.05) is 13.0 Å². The predicted octanol–water partition coefficient (Wildman–Crippen LogP) is 4.64. The Hall–Kier alpha value is -3.10. The number of nitrogens with zero attached hydrogens (tertiary/aromatic N) is 2. The molecular weight excluding hydrogens is 410 g/mol. The molecule has 1 atom stereocenters. The van der Waals surface area contributed by atoms with Crippen molar-refractivity contribution in [2.24, 2.45) is 0 Å². The predicted molar refractivity (Wildman–Crippen MR) is 113 cm³/mol. The third-order valence-corrected chi connectivity index (χ3v) is 5.27. The van der Waals surface area contributed by atoms with Gasteiger partial charge in [0, 0.05) is 35.1 Å². The molecule has 30 heavy (non-hydrogen) atoms. The molecule has 156 valence electrons. The number of ether oxygens (including phenoxy) is 1. The van der Waals surface area contributed by atoms with Crippen LogP contribution in [-0.2, 0) is 4.74 Å². The van der Waals surface area contributed by atoms with Crippen LogP contribution in [0.2, 0.25) is 5.02 Å². The van der Waals surface area contributed by atoms with E-state index in [4.69, 9.17) is 20.8 Å². The van der Waals surface area contributed by atoms with Gasteiger partial charge in [-0.1, -0.05) is 11.6 Å². The first-order valence-corrected chi connectivity index (χ1v) is 9.91. The zero-order chi connectivity index (χ0) is 21.3. The second kappa shape index (κ2) is 8.33. The zero-order valence-electron chi connectivity index (χ0n) is 16.3. The Morgan fingerprint density at radius 1 is 1.20 bits per heavy atom. The molecule has 2 heterocycles. The molecular formula is C21H20ClN3O5. The van der Waals surface area contributed by atoms with Crippen LogP contribution in [0.15, 0.2) is 46.9 Å². The summed E-state index contributed by atoms with van der Waals surface area (Å²) in [5, 5.41) is 16.2. The smallest absolute Gasteiger partial charge is 0.293 e. The maximum Gasteiger partial charge on any atom is 0.293 e. The van der Waals surface area contributed by atoms with Crippen LogP contribution in [0.1, 0.15) is 29.1 Å². The van der Waals surface area contributed by atoms with Gasteiger partial charge >= 0.3 is 0 Å². The van der Waals surface area contributed by atoms with Gasteiger partial charge in [0.25, 0.3) is 11.6 Å². The molecule has 8 nitrogen and oxygen atoms in total. The summed E-state index contributed by atoms with van der Waals surface area (Å²) in [7, 11) is 0. The standard InChI is InChI=1S/C21H20ClN3O5/c1-13(20-12-15-10-16(22)3-5-19(15)30-20)23-17-4-2-14(11-18(17)25(27)28)21(26)24-6-8-29-9-7-24/h2-5,10-13,23H,6-9H2,1H3. The molecule has 1 aliphatic heterocycles. The molecule has 0 aliphatic carbocycles. The molecule has 0 bridgehead atoms. The van der Waals surface area contributed by atoms with Crippen LogP contribution in [0, 0.1) is 10.1 Å². The highest BCUT2D eigenvalue weighted by Crippen LogP contribution is 2.32. The summed E-state index contributed by atoms with van der Waals surface area (Å²) in [6.45, 7) is 3.72. The second-order valence-electron chi connectivity index (χ2n) is 7.09. The maximum absolute atomic E-state index is 12.7. The van der Waals surface area contributed by atoms with Crippen molar-refractivity contribution in [3.05, 3.63) is 68.9 Å². The van der Waals surface area contributed by atoms with E-state index >= 15 is 0 Å². The minimum absolute atomic E-state index is 0.167. The summed E-state index contributed by atoms with van der Waals surface area (Å²) >= 11 is 6.02. The van der Waals surface area contributed by atoms with Gasteiger partial charge in [-0.05, 0) is 43.3 Å². The Labute approximate surface area is 177 Å². The lowest BCUT2D eigenvalue weighted by atomic mass is 10.1. The molecule has 1 saturated heterocycles. The Morgan fingerprint density at radius 3 is 2.70 bits per heavy atom. The highest BCUT2D eigenvalue weighted by Gasteiger charge is 2.24. The monoisotopic (exact) mass is 429 g/mol. The van der Waals surface area contributed by atoms with Crippen LogP contribution in [0.25, 0.3) is 11.0 Å². The van der Waals surface area contributed by atoms with E-state index in [1.165, 1.54) is 6.07 Å². The van der Waals surface area contributed by atoms with Crippen LogP contribution in [0.3, 0.4) is 0 Å². The van der Waals surface area contributed by atoms with Crippen molar-refractivity contribution in [2.45, 2.75) is 13.0 Å². The molecule has 0 saturated carbocycles. The van der Waals surface area contributed by atoms with Gasteiger partial charge in [-0.2, -0.15) is 0 Å². The number of morpholine rings is 1. The quantitative estimate of drug-likeness (QED) is 0.468. The molecule has 3 aromatic rings. The van der Waals surface area contributed by atoms with Crippen molar-refractivity contribution in [3.63, 3.8) is 0 Å². The van der Waals surface area contributed by atoms with Gasteiger partial charge in [-0.25, -0.2) is 0 Å². The van der Waals surface area contributed by atoms with Crippen LogP contribution in [-0.4, -0.2) is 42.0 Å². The van der Waals surface area contributed by atoms with Crippen LogP contribution in [0.5, 0.6) is 0 Å². The van der Waals surface area contributed by atoms with Crippen LogP contribution < -0.4 is 5.32 Å². The molecule has 1 N–H and O–H groups in total. The first-order valence-electron chi connectivity index (χ1n) is 9.53. The number of hydrogen-bond donors (Lipinski definition) is 1. The fourth-order valence-corrected chi connectivity index (χ4v) is 3.62. The largest absolute Gasteiger partial charge is 0.459 e. The van der Waals surface area contributed by atoms with E-state index < -0.39 is 4.92 Å². The van der Waals surface area contributed by atoms with Gasteiger partial charge in [0.15, 0.2) is 0 Å². The number of nitrogens with one attached hydrogen (secondary N) is 1. The fourth-order valence-electron chi connectivity index (χ4n) is 3.44. The summed E-state index contributed by atoms with van der Waals surface area (Å²) in [5.74, 6) is 0.380. The molecule has 1 aromatic heterocycles. The number of carbonyl (C=O) groups excluding carboxylic acids is 1. The SMILES string of the molecule is CC(Nc1ccc(C(=O)N2CCOCC2)cc1[N+](=O)[O-])c1cc2cc(Cl)ccc2o1. The number of carbonyl (C=O) groups is 1. The molecule has 0 radical (unpaired) electrons. The van der Waals surface area contributed by atoms with E-state index in [0.717, 1.165) is 5.39 Å². The number of furan rings is 1. The van der Waals surface area contributed by atoms with E-state index in [-0.39, 0.29) is 23.2 Å². The highest BCUT2D eigenvalue weighted by molar-refractivity contribution is 6.31. The number of benzene rings is 2. The molecule has 4 rings (SSSR count). The van der Waals surface area contributed by atoms with E-state index in [1.54, 1.807) is 35.2 Å². The highest BCUT2D eigenvalue weighted by atomic mass is 35.5. The number of nitro benzene ring substituents is 1. The summed E-state index contributed by atoms with van der Waals surface area (Å²) in [4.78, 5) is 25.5. The van der Waals surface area contributed by atoms with Crippen molar-refractivity contribution in [1.29, 1.82) is 0 Å². The number of rotatable bonds is 5. The van der Waals surface area contributed by atoms with Crippen molar-refractivity contribution >= 4 is 39.9 Å². The molecule has 0 spiro atoms. The Bertz CT molecular complexity index is 1110. The molecule has 1 amide bonds. The van der Waals surface area contributed by atoms with Crippen LogP contribution in [0.4, 0.5) is 11.4 Å². The second-order valence-corrected chi connectivity index (χ2v) is 7.53. The lowest BCUT2D eigenvalue weighted by Gasteiger charge is -2.26. The minimum Gasteiger partial charge on any atom is -0.459 e.